The van der Waals surface area contributed by atoms with E-state index in [9.17, 15) is 14.0 Å². The number of ether oxygens (including phenoxy) is 2. The summed E-state index contributed by atoms with van der Waals surface area (Å²) in [6, 6.07) is 3.70. The van der Waals surface area contributed by atoms with E-state index in [4.69, 9.17) is 25.4 Å². The van der Waals surface area contributed by atoms with E-state index in [1.54, 1.807) is 6.07 Å². The number of hydrogen-bond donors (Lipinski definition) is 5. The third kappa shape index (κ3) is 8.13. The molecule has 0 aliphatic heterocycles. The Bertz CT molecular complexity index is 922. The summed E-state index contributed by atoms with van der Waals surface area (Å²) in [5.74, 6) is -1.15. The van der Waals surface area contributed by atoms with Crippen molar-refractivity contribution in [2.24, 2.45) is 5.73 Å². The average molecular weight is 486 g/mol. The lowest BCUT2D eigenvalue weighted by atomic mass is 10.2. The molecule has 33 heavy (non-hydrogen) atoms. The largest absolute Gasteiger partial charge is 0.497 e. The van der Waals surface area contributed by atoms with Crippen LogP contribution in [0, 0.1) is 5.82 Å². The minimum atomic E-state index is -0.854. The SMILES string of the molecule is COc1ccc(COc2nsc(NC(=O)NCCCN(CCO)CCO)c2C(N)=O)c(F)c1. The van der Waals surface area contributed by atoms with Crippen LogP contribution in [0.3, 0.4) is 0 Å². The van der Waals surface area contributed by atoms with Gasteiger partial charge in [-0.25, -0.2) is 9.18 Å². The molecule has 13 heteroatoms. The minimum Gasteiger partial charge on any atom is -0.497 e. The van der Waals surface area contributed by atoms with E-state index in [1.807, 2.05) is 4.90 Å². The number of nitrogens with two attached hydrogens (primary N) is 1. The molecule has 0 unspecified atom stereocenters. The quantitative estimate of drug-likeness (QED) is 0.245. The first-order valence-electron chi connectivity index (χ1n) is 10.1. The first-order chi connectivity index (χ1) is 15.9. The van der Waals surface area contributed by atoms with Crippen molar-refractivity contribution < 1.29 is 33.7 Å². The van der Waals surface area contributed by atoms with Crippen LogP contribution >= 0.6 is 11.5 Å². The molecule has 2 rings (SSSR count). The van der Waals surface area contributed by atoms with E-state index in [-0.39, 0.29) is 41.8 Å². The predicted octanol–water partition coefficient (Wildman–Crippen LogP) is 0.767. The number of halogens is 1. The van der Waals surface area contributed by atoms with Gasteiger partial charge in [-0.05, 0) is 36.6 Å². The predicted molar refractivity (Wildman–Crippen MR) is 120 cm³/mol. The maximum Gasteiger partial charge on any atom is 0.319 e. The van der Waals surface area contributed by atoms with Gasteiger partial charge in [0.05, 0.1) is 20.3 Å². The third-order valence-electron chi connectivity index (χ3n) is 4.53. The molecule has 2 aromatic rings. The van der Waals surface area contributed by atoms with Gasteiger partial charge in [0.15, 0.2) is 0 Å². The zero-order chi connectivity index (χ0) is 24.2. The second-order valence-corrected chi connectivity index (χ2v) is 7.60. The summed E-state index contributed by atoms with van der Waals surface area (Å²) in [7, 11) is 1.42. The highest BCUT2D eigenvalue weighted by Gasteiger charge is 2.22. The molecule has 0 bridgehead atoms. The van der Waals surface area contributed by atoms with Crippen molar-refractivity contribution in [1.82, 2.24) is 14.6 Å². The maximum atomic E-state index is 14.1. The highest BCUT2D eigenvalue weighted by atomic mass is 32.1. The van der Waals surface area contributed by atoms with Crippen molar-refractivity contribution in [1.29, 1.82) is 0 Å². The summed E-state index contributed by atoms with van der Waals surface area (Å²) in [6.07, 6.45) is 0.584. The van der Waals surface area contributed by atoms with E-state index in [0.29, 0.717) is 38.3 Å². The number of carbonyl (C=O) groups is 2. The summed E-state index contributed by atoms with van der Waals surface area (Å²) in [6.45, 7) is 1.51. The number of aliphatic hydroxyl groups excluding tert-OH is 2. The van der Waals surface area contributed by atoms with E-state index in [0.717, 1.165) is 11.5 Å². The molecular formula is C20H28FN5O6S. The van der Waals surface area contributed by atoms with Crippen molar-refractivity contribution >= 4 is 28.5 Å². The summed E-state index contributed by atoms with van der Waals surface area (Å²) in [4.78, 5) is 26.0. The molecule has 0 radical (unpaired) electrons. The summed E-state index contributed by atoms with van der Waals surface area (Å²) < 4.78 is 28.5. The number of primary amides is 1. The number of amides is 3. The molecule has 3 amide bonds. The molecule has 0 saturated carbocycles. The van der Waals surface area contributed by atoms with Crippen LogP contribution < -0.4 is 25.8 Å². The van der Waals surface area contributed by atoms with Crippen molar-refractivity contribution in [3.05, 3.63) is 35.1 Å². The molecule has 1 heterocycles. The molecule has 0 spiro atoms. The number of urea groups is 1. The molecule has 0 saturated heterocycles. The monoisotopic (exact) mass is 485 g/mol. The van der Waals surface area contributed by atoms with Crippen LogP contribution in [-0.4, -0.2) is 77.9 Å². The van der Waals surface area contributed by atoms with Crippen LogP contribution in [0.1, 0.15) is 22.3 Å². The summed E-state index contributed by atoms with van der Waals surface area (Å²) >= 11 is 0.810. The van der Waals surface area contributed by atoms with E-state index in [2.05, 4.69) is 15.0 Å². The topological polar surface area (TPSA) is 159 Å². The highest BCUT2D eigenvalue weighted by Crippen LogP contribution is 2.31. The second kappa shape index (κ2) is 13.5. The molecule has 0 fully saturated rings. The molecule has 11 nitrogen and oxygen atoms in total. The van der Waals surface area contributed by atoms with Crippen LogP contribution in [-0.2, 0) is 6.61 Å². The third-order valence-corrected chi connectivity index (χ3v) is 5.27. The van der Waals surface area contributed by atoms with Crippen molar-refractivity contribution in [3.63, 3.8) is 0 Å². The average Bonchev–Trinajstić information content (AvgIpc) is 3.18. The first-order valence-corrected chi connectivity index (χ1v) is 10.9. The number of rotatable bonds is 14. The van der Waals surface area contributed by atoms with Gasteiger partial charge in [0, 0.05) is 31.3 Å². The number of nitrogens with one attached hydrogen (secondary N) is 2. The Morgan fingerprint density at radius 3 is 2.58 bits per heavy atom. The van der Waals surface area contributed by atoms with Crippen LogP contribution in [0.5, 0.6) is 11.6 Å². The molecular weight excluding hydrogens is 457 g/mol. The summed E-state index contributed by atoms with van der Waals surface area (Å²) in [5, 5.41) is 23.3. The molecule has 0 aliphatic rings. The van der Waals surface area contributed by atoms with Crippen molar-refractivity contribution in [2.75, 3.05) is 51.8 Å². The molecule has 0 aliphatic carbocycles. The van der Waals surface area contributed by atoms with Gasteiger partial charge in [0.2, 0.25) is 5.88 Å². The number of nitrogens with zero attached hydrogens (tertiary/aromatic N) is 2. The molecule has 182 valence electrons. The normalized spacial score (nSPS) is 10.8. The Hall–Kier alpha value is -3.00. The number of methoxy groups -OCH3 is 1. The van der Waals surface area contributed by atoms with Gasteiger partial charge in [-0.15, -0.1) is 0 Å². The number of carbonyl (C=O) groups excluding carboxylic acids is 2. The van der Waals surface area contributed by atoms with E-state index < -0.39 is 17.8 Å². The van der Waals surface area contributed by atoms with Crippen LogP contribution in [0.4, 0.5) is 14.2 Å². The fourth-order valence-corrected chi connectivity index (χ4v) is 3.60. The fourth-order valence-electron chi connectivity index (χ4n) is 2.86. The molecule has 1 aromatic carbocycles. The van der Waals surface area contributed by atoms with Crippen molar-refractivity contribution in [3.8, 4) is 11.6 Å². The Kier molecular flexibility index (Phi) is 10.8. The molecule has 1 aromatic heterocycles. The van der Waals surface area contributed by atoms with Gasteiger partial charge in [0.1, 0.15) is 28.7 Å². The first kappa shape index (κ1) is 26.3. The van der Waals surface area contributed by atoms with Crippen LogP contribution in [0.25, 0.3) is 0 Å². The standard InChI is InChI=1S/C20H28FN5O6S/c1-31-14-4-3-13(15(21)11-14)12-32-18-16(17(22)29)19(33-25-18)24-20(30)23-5-2-6-26(7-9-27)8-10-28/h3-4,11,27-28H,2,5-10,12H2,1H3,(H2,22,29)(H2,23,24,30). The Labute approximate surface area is 194 Å². The van der Waals surface area contributed by atoms with Gasteiger partial charge < -0.3 is 30.7 Å². The Morgan fingerprint density at radius 1 is 1.24 bits per heavy atom. The smallest absolute Gasteiger partial charge is 0.319 e. The zero-order valence-electron chi connectivity index (χ0n) is 18.2. The van der Waals surface area contributed by atoms with Crippen molar-refractivity contribution in [2.45, 2.75) is 13.0 Å². The van der Waals surface area contributed by atoms with Crippen LogP contribution in [0.15, 0.2) is 18.2 Å². The minimum absolute atomic E-state index is 0.0231. The lowest BCUT2D eigenvalue weighted by Gasteiger charge is -2.19. The second-order valence-electron chi connectivity index (χ2n) is 6.83. The Morgan fingerprint density at radius 2 is 1.97 bits per heavy atom. The lowest BCUT2D eigenvalue weighted by Crippen LogP contribution is -2.35. The van der Waals surface area contributed by atoms with Crippen LogP contribution in [0.2, 0.25) is 0 Å². The molecule has 6 N–H and O–H groups in total. The fraction of sp³-hybridized carbons (Fsp3) is 0.450. The number of aliphatic hydroxyl groups is 2. The number of benzene rings is 1. The van der Waals surface area contributed by atoms with Gasteiger partial charge in [-0.1, -0.05) is 0 Å². The maximum absolute atomic E-state index is 14.1. The van der Waals surface area contributed by atoms with Gasteiger partial charge in [-0.2, -0.15) is 4.37 Å². The van der Waals surface area contributed by atoms with E-state index in [1.165, 1.54) is 19.2 Å². The molecule has 0 atom stereocenters. The van der Waals surface area contributed by atoms with E-state index >= 15 is 0 Å². The number of aromatic nitrogens is 1. The Balaban J connectivity index is 1.91. The zero-order valence-corrected chi connectivity index (χ0v) is 19.0. The van der Waals surface area contributed by atoms with Gasteiger partial charge >= 0.3 is 6.03 Å². The summed E-state index contributed by atoms with van der Waals surface area (Å²) in [5.41, 5.74) is 5.54. The lowest BCUT2D eigenvalue weighted by molar-refractivity contribution is 0.0996. The number of hydrogen-bond acceptors (Lipinski definition) is 9. The van der Waals surface area contributed by atoms with Gasteiger partial charge in [0.25, 0.3) is 5.91 Å². The highest BCUT2D eigenvalue weighted by molar-refractivity contribution is 7.11. The number of anilines is 1. The van der Waals surface area contributed by atoms with Gasteiger partial charge in [-0.3, -0.25) is 15.0 Å².